The number of hydrogen-bond acceptors (Lipinski definition) is 4. The summed E-state index contributed by atoms with van der Waals surface area (Å²) in [4.78, 5) is 11.5. The van der Waals surface area contributed by atoms with E-state index in [1.54, 1.807) is 6.20 Å². The number of halogens is 3. The van der Waals surface area contributed by atoms with Gasteiger partial charge in [-0.1, -0.05) is 0 Å². The van der Waals surface area contributed by atoms with Crippen LogP contribution in [0, 0.1) is 11.8 Å². The van der Waals surface area contributed by atoms with E-state index in [2.05, 4.69) is 21.8 Å². The number of methoxy groups -OCH3 is 1. The number of nitrogens with zero attached hydrogens (tertiary/aromatic N) is 4. The van der Waals surface area contributed by atoms with Crippen LogP contribution in [0.1, 0.15) is 38.2 Å². The zero-order chi connectivity index (χ0) is 21.8. The molecule has 0 bridgehead atoms. The number of aromatic nitrogens is 3. The molecule has 8 heteroatoms. The summed E-state index contributed by atoms with van der Waals surface area (Å²) in [5, 5.41) is 0. The van der Waals surface area contributed by atoms with Crippen molar-refractivity contribution in [3.05, 3.63) is 42.4 Å². The summed E-state index contributed by atoms with van der Waals surface area (Å²) >= 11 is 0. The van der Waals surface area contributed by atoms with E-state index >= 15 is 0 Å². The maximum atomic E-state index is 13.1. The number of hydrogen-bond donors (Lipinski definition) is 0. The standard InChI is InChI=1S/C23H25F3N4O/c1-3-29(21(14-4-5-14)15-6-7-15)19-13-28-22-20(27-10-11-30(19)22)17-9-8-16(23(24,25)26)12-18(17)31-2/h8-15,21H,3-7H2,1-2H3. The third-order valence-electron chi connectivity index (χ3n) is 6.40. The van der Waals surface area contributed by atoms with Crippen LogP contribution in [0.5, 0.6) is 5.75 Å². The number of ether oxygens (including phenoxy) is 1. The molecule has 5 rings (SSSR count). The van der Waals surface area contributed by atoms with Crippen LogP contribution < -0.4 is 9.64 Å². The average Bonchev–Trinajstić information content (AvgIpc) is 3.69. The van der Waals surface area contributed by atoms with E-state index in [1.165, 1.54) is 38.9 Å². The summed E-state index contributed by atoms with van der Waals surface area (Å²) in [7, 11) is 1.37. The van der Waals surface area contributed by atoms with Crippen LogP contribution in [0.15, 0.2) is 36.8 Å². The number of alkyl halides is 3. The molecular weight excluding hydrogens is 405 g/mol. The lowest BCUT2D eigenvalue weighted by atomic mass is 10.1. The molecule has 1 aromatic carbocycles. The van der Waals surface area contributed by atoms with Gasteiger partial charge in [-0.2, -0.15) is 13.2 Å². The largest absolute Gasteiger partial charge is 0.496 e. The molecule has 0 spiro atoms. The number of anilines is 1. The molecule has 0 N–H and O–H groups in total. The molecule has 2 aliphatic rings. The number of imidazole rings is 1. The molecule has 2 heterocycles. The van der Waals surface area contributed by atoms with Crippen LogP contribution in [-0.2, 0) is 6.18 Å². The highest BCUT2D eigenvalue weighted by Gasteiger charge is 2.45. The third kappa shape index (κ3) is 3.62. The second kappa shape index (κ2) is 7.43. The van der Waals surface area contributed by atoms with E-state index in [4.69, 9.17) is 4.74 Å². The fourth-order valence-electron chi connectivity index (χ4n) is 4.67. The smallest absolute Gasteiger partial charge is 0.416 e. The van der Waals surface area contributed by atoms with Crippen molar-refractivity contribution in [3.8, 4) is 17.0 Å². The van der Waals surface area contributed by atoms with Gasteiger partial charge in [0.1, 0.15) is 17.3 Å². The van der Waals surface area contributed by atoms with Gasteiger partial charge in [0.25, 0.3) is 0 Å². The van der Waals surface area contributed by atoms with E-state index in [1.807, 2.05) is 16.8 Å². The Labute approximate surface area is 178 Å². The molecule has 2 aliphatic carbocycles. The molecule has 0 unspecified atom stereocenters. The van der Waals surface area contributed by atoms with Crippen molar-refractivity contribution in [2.75, 3.05) is 18.6 Å². The third-order valence-corrected chi connectivity index (χ3v) is 6.40. The summed E-state index contributed by atoms with van der Waals surface area (Å²) in [5.74, 6) is 2.63. The maximum absolute atomic E-state index is 13.1. The Morgan fingerprint density at radius 1 is 1.16 bits per heavy atom. The lowest BCUT2D eigenvalue weighted by Gasteiger charge is -2.32. The molecule has 164 valence electrons. The number of benzene rings is 1. The van der Waals surface area contributed by atoms with E-state index < -0.39 is 11.7 Å². The van der Waals surface area contributed by atoms with Crippen molar-refractivity contribution in [1.82, 2.24) is 14.4 Å². The summed E-state index contributed by atoms with van der Waals surface area (Å²) < 4.78 is 46.7. The van der Waals surface area contributed by atoms with Gasteiger partial charge in [-0.15, -0.1) is 0 Å². The molecule has 5 nitrogen and oxygen atoms in total. The van der Waals surface area contributed by atoms with Gasteiger partial charge >= 0.3 is 6.18 Å². The fourth-order valence-corrected chi connectivity index (χ4v) is 4.67. The second-order valence-corrected chi connectivity index (χ2v) is 8.45. The lowest BCUT2D eigenvalue weighted by Crippen LogP contribution is -2.39. The highest BCUT2D eigenvalue weighted by molar-refractivity contribution is 5.79. The van der Waals surface area contributed by atoms with E-state index in [0.717, 1.165) is 36.3 Å². The molecule has 0 amide bonds. The Hall–Kier alpha value is -2.77. The average molecular weight is 430 g/mol. The topological polar surface area (TPSA) is 42.7 Å². The molecule has 2 saturated carbocycles. The van der Waals surface area contributed by atoms with Crippen molar-refractivity contribution < 1.29 is 17.9 Å². The summed E-state index contributed by atoms with van der Waals surface area (Å²) in [6.07, 6.45) is 6.09. The first-order chi connectivity index (χ1) is 14.9. The first kappa shape index (κ1) is 20.2. The van der Waals surface area contributed by atoms with Gasteiger partial charge in [0.15, 0.2) is 5.65 Å². The number of fused-ring (bicyclic) bond motifs is 1. The maximum Gasteiger partial charge on any atom is 0.416 e. The van der Waals surface area contributed by atoms with Crippen molar-refractivity contribution in [2.45, 2.75) is 44.8 Å². The van der Waals surface area contributed by atoms with Crippen LogP contribution in [0.3, 0.4) is 0 Å². The normalized spacial score (nSPS) is 16.8. The van der Waals surface area contributed by atoms with Gasteiger partial charge in [0.05, 0.1) is 18.9 Å². The monoisotopic (exact) mass is 430 g/mol. The van der Waals surface area contributed by atoms with Crippen molar-refractivity contribution >= 4 is 11.5 Å². The highest BCUT2D eigenvalue weighted by Crippen LogP contribution is 2.48. The SMILES string of the molecule is CCN(c1cnc2c(-c3ccc(C(F)(F)F)cc3OC)nccn12)C(C1CC1)C1CC1. The Bertz CT molecular complexity index is 1090. The molecule has 0 radical (unpaired) electrons. The zero-order valence-electron chi connectivity index (χ0n) is 17.6. The van der Waals surface area contributed by atoms with Crippen molar-refractivity contribution in [3.63, 3.8) is 0 Å². The Morgan fingerprint density at radius 3 is 2.45 bits per heavy atom. The quantitative estimate of drug-likeness (QED) is 0.501. The van der Waals surface area contributed by atoms with E-state index in [9.17, 15) is 13.2 Å². The zero-order valence-corrected chi connectivity index (χ0v) is 17.6. The lowest BCUT2D eigenvalue weighted by molar-refractivity contribution is -0.137. The summed E-state index contributed by atoms with van der Waals surface area (Å²) in [5.41, 5.74) is 0.851. The van der Waals surface area contributed by atoms with Crippen LogP contribution in [0.25, 0.3) is 16.9 Å². The van der Waals surface area contributed by atoms with Gasteiger partial charge in [-0.05, 0) is 62.6 Å². The first-order valence-corrected chi connectivity index (χ1v) is 10.8. The molecule has 0 atom stereocenters. The Balaban J connectivity index is 1.59. The minimum absolute atomic E-state index is 0.126. The molecule has 3 aromatic rings. The fraction of sp³-hybridized carbons (Fsp3) is 0.478. The van der Waals surface area contributed by atoms with E-state index in [-0.39, 0.29) is 5.75 Å². The molecular formula is C23H25F3N4O. The van der Waals surface area contributed by atoms with Gasteiger partial charge < -0.3 is 9.64 Å². The van der Waals surface area contributed by atoms with Crippen molar-refractivity contribution in [2.24, 2.45) is 11.8 Å². The molecule has 2 fully saturated rings. The Kier molecular flexibility index (Phi) is 4.83. The molecule has 2 aromatic heterocycles. The predicted molar refractivity (Wildman–Crippen MR) is 112 cm³/mol. The van der Waals surface area contributed by atoms with Gasteiger partial charge in [0.2, 0.25) is 0 Å². The van der Waals surface area contributed by atoms with Crippen LogP contribution >= 0.6 is 0 Å². The Morgan fingerprint density at radius 2 is 1.87 bits per heavy atom. The molecule has 0 saturated heterocycles. The molecule has 0 aliphatic heterocycles. The van der Waals surface area contributed by atoms with Crippen LogP contribution in [-0.4, -0.2) is 34.1 Å². The van der Waals surface area contributed by atoms with Crippen LogP contribution in [0.2, 0.25) is 0 Å². The van der Waals surface area contributed by atoms with Gasteiger partial charge in [-0.25, -0.2) is 4.98 Å². The first-order valence-electron chi connectivity index (χ1n) is 10.8. The second-order valence-electron chi connectivity index (χ2n) is 8.45. The number of rotatable bonds is 7. The highest BCUT2D eigenvalue weighted by atomic mass is 19.4. The summed E-state index contributed by atoms with van der Waals surface area (Å²) in [6.45, 7) is 3.05. The molecule has 31 heavy (non-hydrogen) atoms. The summed E-state index contributed by atoms with van der Waals surface area (Å²) in [6, 6.07) is 4.01. The van der Waals surface area contributed by atoms with Gasteiger partial charge in [-0.3, -0.25) is 9.38 Å². The minimum Gasteiger partial charge on any atom is -0.496 e. The minimum atomic E-state index is -4.44. The van der Waals surface area contributed by atoms with Crippen LogP contribution in [0.4, 0.5) is 19.0 Å². The van der Waals surface area contributed by atoms with Gasteiger partial charge in [0, 0.05) is 30.5 Å². The predicted octanol–water partition coefficient (Wildman–Crippen LogP) is 5.44. The van der Waals surface area contributed by atoms with Crippen molar-refractivity contribution in [1.29, 1.82) is 0 Å². The van der Waals surface area contributed by atoms with E-state index in [0.29, 0.717) is 22.9 Å².